The molecule has 0 saturated heterocycles. The number of aromatic nitrogens is 1. The first-order chi connectivity index (χ1) is 15.1. The number of nitrogens with one attached hydrogen (secondary N) is 1. The monoisotopic (exact) mass is 420 g/mol. The maximum Gasteiger partial charge on any atom is 0.253 e. The van der Waals surface area contributed by atoms with Crippen LogP contribution in [0.4, 0.5) is 0 Å². The van der Waals surface area contributed by atoms with Crippen LogP contribution in [-0.4, -0.2) is 31.2 Å². The molecule has 31 heavy (non-hydrogen) atoms. The predicted molar refractivity (Wildman–Crippen MR) is 126 cm³/mol. The Kier molecular flexibility index (Phi) is 7.76. The van der Waals surface area contributed by atoms with Crippen LogP contribution in [0.1, 0.15) is 48.7 Å². The summed E-state index contributed by atoms with van der Waals surface area (Å²) >= 11 is 0. The summed E-state index contributed by atoms with van der Waals surface area (Å²) in [4.78, 5) is 13.0. The summed E-state index contributed by atoms with van der Waals surface area (Å²) < 4.78 is 13.0. The number of rotatable bonds is 10. The quantitative estimate of drug-likeness (QED) is 0.423. The van der Waals surface area contributed by atoms with Crippen LogP contribution in [0.5, 0.6) is 11.5 Å². The van der Waals surface area contributed by atoms with Crippen LogP contribution < -0.4 is 14.8 Å². The lowest BCUT2D eigenvalue weighted by molar-refractivity contribution is 0.0952. The molecule has 0 fully saturated rings. The van der Waals surface area contributed by atoms with E-state index in [0.29, 0.717) is 23.6 Å². The van der Waals surface area contributed by atoms with E-state index in [4.69, 9.17) is 9.47 Å². The van der Waals surface area contributed by atoms with E-state index >= 15 is 0 Å². The van der Waals surface area contributed by atoms with Crippen molar-refractivity contribution in [2.45, 2.75) is 39.5 Å². The minimum atomic E-state index is -0.0367. The minimum Gasteiger partial charge on any atom is -0.493 e. The number of carbonyl (C=O) groups is 1. The number of hydrogen-bond donors (Lipinski definition) is 1. The van der Waals surface area contributed by atoms with E-state index in [2.05, 4.69) is 28.9 Å². The zero-order valence-corrected chi connectivity index (χ0v) is 18.9. The SMILES string of the molecule is CCCCCCNC(=O)c1cc(-c2ccccc2)n(-c2ccc(OC)c(OC)c2)c1C. The second-order valence-corrected chi connectivity index (χ2v) is 7.59. The van der Waals surface area contributed by atoms with Crippen LogP contribution >= 0.6 is 0 Å². The Labute approximate surface area is 185 Å². The van der Waals surface area contributed by atoms with Crippen molar-refractivity contribution in [1.82, 2.24) is 9.88 Å². The van der Waals surface area contributed by atoms with Gasteiger partial charge in [-0.3, -0.25) is 4.79 Å². The van der Waals surface area contributed by atoms with Gasteiger partial charge in [0, 0.05) is 24.0 Å². The number of nitrogens with zero attached hydrogens (tertiary/aromatic N) is 1. The fourth-order valence-corrected chi connectivity index (χ4v) is 3.80. The Morgan fingerprint density at radius 3 is 2.35 bits per heavy atom. The number of unbranched alkanes of at least 4 members (excludes halogenated alkanes) is 3. The highest BCUT2D eigenvalue weighted by atomic mass is 16.5. The van der Waals surface area contributed by atoms with Crippen molar-refractivity contribution >= 4 is 5.91 Å². The predicted octanol–water partition coefficient (Wildman–Crippen LogP) is 5.78. The van der Waals surface area contributed by atoms with Gasteiger partial charge in [-0.25, -0.2) is 0 Å². The Morgan fingerprint density at radius 2 is 1.68 bits per heavy atom. The summed E-state index contributed by atoms with van der Waals surface area (Å²) in [6, 6.07) is 17.9. The van der Waals surface area contributed by atoms with E-state index in [9.17, 15) is 4.79 Å². The molecule has 5 nitrogen and oxygen atoms in total. The lowest BCUT2D eigenvalue weighted by Crippen LogP contribution is -2.24. The lowest BCUT2D eigenvalue weighted by atomic mass is 10.1. The summed E-state index contributed by atoms with van der Waals surface area (Å²) in [6.07, 6.45) is 4.52. The third kappa shape index (κ3) is 5.10. The van der Waals surface area contributed by atoms with E-state index in [0.717, 1.165) is 35.5 Å². The molecule has 0 aliphatic heterocycles. The molecule has 0 aliphatic rings. The second-order valence-electron chi connectivity index (χ2n) is 7.59. The molecule has 0 atom stereocenters. The normalized spacial score (nSPS) is 10.7. The van der Waals surface area contributed by atoms with Crippen LogP contribution in [0, 0.1) is 6.92 Å². The van der Waals surface area contributed by atoms with Gasteiger partial charge in [-0.15, -0.1) is 0 Å². The third-order valence-electron chi connectivity index (χ3n) is 5.50. The summed E-state index contributed by atoms with van der Waals surface area (Å²) in [7, 11) is 3.25. The molecule has 164 valence electrons. The zero-order valence-electron chi connectivity index (χ0n) is 18.9. The highest BCUT2D eigenvalue weighted by Gasteiger charge is 2.20. The highest BCUT2D eigenvalue weighted by Crippen LogP contribution is 2.34. The topological polar surface area (TPSA) is 52.5 Å². The number of methoxy groups -OCH3 is 2. The smallest absolute Gasteiger partial charge is 0.253 e. The van der Waals surface area contributed by atoms with Gasteiger partial charge in [-0.2, -0.15) is 0 Å². The fraction of sp³-hybridized carbons (Fsp3) is 0.346. The first-order valence-corrected chi connectivity index (χ1v) is 10.9. The van der Waals surface area contributed by atoms with Gasteiger partial charge in [0.2, 0.25) is 0 Å². The molecule has 0 radical (unpaired) electrons. The molecule has 1 amide bonds. The largest absolute Gasteiger partial charge is 0.493 e. The number of carbonyl (C=O) groups excluding carboxylic acids is 1. The molecular weight excluding hydrogens is 388 g/mol. The van der Waals surface area contributed by atoms with Gasteiger partial charge < -0.3 is 19.4 Å². The van der Waals surface area contributed by atoms with E-state index in [-0.39, 0.29) is 5.91 Å². The van der Waals surface area contributed by atoms with E-state index < -0.39 is 0 Å². The molecule has 1 N–H and O–H groups in total. The molecule has 2 aromatic carbocycles. The Bertz CT molecular complexity index is 1010. The number of amides is 1. The zero-order chi connectivity index (χ0) is 22.2. The molecule has 0 aliphatic carbocycles. The summed E-state index contributed by atoms with van der Waals surface area (Å²) in [6.45, 7) is 4.86. The second kappa shape index (κ2) is 10.7. The molecular formula is C26H32N2O3. The van der Waals surface area contributed by atoms with Crippen LogP contribution in [-0.2, 0) is 0 Å². The minimum absolute atomic E-state index is 0.0367. The standard InChI is InChI=1S/C26H32N2O3/c1-5-6-7-11-16-27-26(29)22-18-23(20-12-9-8-10-13-20)28(19(22)2)21-14-15-24(30-3)25(17-21)31-4/h8-10,12-15,17-18H,5-7,11,16H2,1-4H3,(H,27,29). The molecule has 0 spiro atoms. The maximum absolute atomic E-state index is 13.0. The van der Waals surface area contributed by atoms with Crippen LogP contribution in [0.2, 0.25) is 0 Å². The van der Waals surface area contributed by atoms with Gasteiger partial charge in [0.25, 0.3) is 5.91 Å². The van der Waals surface area contributed by atoms with Gasteiger partial charge in [0.05, 0.1) is 25.5 Å². The molecule has 3 aromatic rings. The maximum atomic E-state index is 13.0. The fourth-order valence-electron chi connectivity index (χ4n) is 3.80. The molecule has 0 saturated carbocycles. The van der Waals surface area contributed by atoms with E-state index in [1.54, 1.807) is 14.2 Å². The van der Waals surface area contributed by atoms with Gasteiger partial charge in [0.15, 0.2) is 11.5 Å². The third-order valence-corrected chi connectivity index (χ3v) is 5.50. The highest BCUT2D eigenvalue weighted by molar-refractivity contribution is 5.97. The van der Waals surface area contributed by atoms with Gasteiger partial charge in [0.1, 0.15) is 0 Å². The Morgan fingerprint density at radius 1 is 0.935 bits per heavy atom. The van der Waals surface area contributed by atoms with Crippen LogP contribution in [0.3, 0.4) is 0 Å². The van der Waals surface area contributed by atoms with Crippen LogP contribution in [0.25, 0.3) is 16.9 Å². The number of hydrogen-bond acceptors (Lipinski definition) is 3. The Balaban J connectivity index is 2.01. The van der Waals surface area contributed by atoms with E-state index in [1.165, 1.54) is 12.8 Å². The van der Waals surface area contributed by atoms with Crippen molar-refractivity contribution in [1.29, 1.82) is 0 Å². The van der Waals surface area contributed by atoms with Crippen molar-refractivity contribution in [3.05, 3.63) is 65.9 Å². The van der Waals surface area contributed by atoms with Gasteiger partial charge >= 0.3 is 0 Å². The van der Waals surface area contributed by atoms with Crippen molar-refractivity contribution in [2.75, 3.05) is 20.8 Å². The molecule has 3 rings (SSSR count). The van der Waals surface area contributed by atoms with Gasteiger partial charge in [-0.05, 0) is 37.1 Å². The first kappa shape index (κ1) is 22.5. The van der Waals surface area contributed by atoms with Crippen molar-refractivity contribution in [3.8, 4) is 28.4 Å². The molecule has 5 heteroatoms. The average molecular weight is 421 g/mol. The van der Waals surface area contributed by atoms with Gasteiger partial charge in [-0.1, -0.05) is 56.5 Å². The van der Waals surface area contributed by atoms with Crippen molar-refractivity contribution in [3.63, 3.8) is 0 Å². The number of benzene rings is 2. The summed E-state index contributed by atoms with van der Waals surface area (Å²) in [5.41, 5.74) is 4.49. The van der Waals surface area contributed by atoms with E-state index in [1.807, 2.05) is 49.4 Å². The first-order valence-electron chi connectivity index (χ1n) is 10.9. The lowest BCUT2D eigenvalue weighted by Gasteiger charge is -2.15. The molecule has 1 heterocycles. The Hall–Kier alpha value is -3.21. The average Bonchev–Trinajstić information content (AvgIpc) is 3.16. The molecule has 0 bridgehead atoms. The summed E-state index contributed by atoms with van der Waals surface area (Å²) in [5, 5.41) is 3.09. The molecule has 1 aromatic heterocycles. The van der Waals surface area contributed by atoms with Crippen molar-refractivity contribution in [2.24, 2.45) is 0 Å². The van der Waals surface area contributed by atoms with Crippen LogP contribution in [0.15, 0.2) is 54.6 Å². The summed E-state index contributed by atoms with van der Waals surface area (Å²) in [5.74, 6) is 1.28. The number of ether oxygens (including phenoxy) is 2. The van der Waals surface area contributed by atoms with Crippen molar-refractivity contribution < 1.29 is 14.3 Å². The molecule has 0 unspecified atom stereocenters.